The fraction of sp³-hybridized carbons (Fsp3) is 0.500. The highest BCUT2D eigenvalue weighted by Crippen LogP contribution is 2.37. The van der Waals surface area contributed by atoms with Crippen molar-refractivity contribution in [1.29, 1.82) is 0 Å². The van der Waals surface area contributed by atoms with Crippen molar-refractivity contribution in [3.63, 3.8) is 0 Å². The summed E-state index contributed by atoms with van der Waals surface area (Å²) in [4.78, 5) is 12.8. The van der Waals surface area contributed by atoms with Crippen molar-refractivity contribution in [1.82, 2.24) is 0 Å². The number of carbonyl (C=O) groups is 1. The maximum absolute atomic E-state index is 12.8. The minimum atomic E-state index is -0.828. The van der Waals surface area contributed by atoms with Crippen LogP contribution in [0.4, 0.5) is 0 Å². The minimum Gasteiger partial charge on any atom is -0.504 e. The molecule has 2 aromatic rings. The Bertz CT molecular complexity index is 923. The summed E-state index contributed by atoms with van der Waals surface area (Å²) in [6.45, 7) is 3.95. The number of benzene rings is 2. The average molecular weight is 461 g/mol. The molecule has 0 saturated heterocycles. The number of aliphatic hydroxyl groups is 2. The second-order valence-electron chi connectivity index (χ2n) is 9.01. The quantitative estimate of drug-likeness (QED) is 0.284. The number of aromatic hydroxyl groups is 3. The molecule has 7 heteroatoms. The van der Waals surface area contributed by atoms with Crippen molar-refractivity contribution in [3.8, 4) is 23.0 Å². The number of carbonyl (C=O) groups excluding carboxylic acids is 1. The number of Topliss-reactive ketones (excluding diaryl/α,β-unsaturated/α-hetero) is 1. The van der Waals surface area contributed by atoms with Gasteiger partial charge in [0.25, 0.3) is 0 Å². The van der Waals surface area contributed by atoms with Crippen LogP contribution < -0.4 is 4.74 Å². The first-order valence-electron chi connectivity index (χ1n) is 11.4. The van der Waals surface area contributed by atoms with Gasteiger partial charge in [-0.2, -0.15) is 0 Å². The lowest BCUT2D eigenvalue weighted by Gasteiger charge is -2.22. The molecule has 182 valence electrons. The number of ether oxygens (including phenoxy) is 1. The lowest BCUT2D eigenvalue weighted by atomic mass is 9.84. The van der Waals surface area contributed by atoms with Crippen LogP contribution in [-0.2, 0) is 17.8 Å². The molecular formula is C26H36O7. The standard InChI is InChI=1S/C26H36O7/c1-16(2)4-7-18(22-14-26(33-3)25(32)12-19(22)15-27)11-21(29)13-20(28)8-5-17-6-9-23(30)24(31)10-17/h6,9-10,12,14,16,18,20,27-28,30-32H,4-5,7-8,11,13,15H2,1-3H3. The Morgan fingerprint density at radius 1 is 0.939 bits per heavy atom. The smallest absolute Gasteiger partial charge is 0.160 e. The zero-order valence-electron chi connectivity index (χ0n) is 19.6. The fourth-order valence-electron chi connectivity index (χ4n) is 3.99. The van der Waals surface area contributed by atoms with Crippen molar-refractivity contribution in [2.75, 3.05) is 7.11 Å². The van der Waals surface area contributed by atoms with E-state index in [1.807, 2.05) is 0 Å². The molecule has 0 fully saturated rings. The number of aliphatic hydroxyl groups excluding tert-OH is 2. The molecule has 0 heterocycles. The van der Waals surface area contributed by atoms with Gasteiger partial charge in [0.1, 0.15) is 5.78 Å². The Balaban J connectivity index is 2.08. The maximum Gasteiger partial charge on any atom is 0.160 e. The molecule has 0 spiro atoms. The van der Waals surface area contributed by atoms with Crippen LogP contribution in [-0.4, -0.2) is 44.5 Å². The van der Waals surface area contributed by atoms with Gasteiger partial charge in [0.05, 0.1) is 19.8 Å². The molecule has 0 aliphatic heterocycles. The third-order valence-corrected chi connectivity index (χ3v) is 5.89. The number of aryl methyl sites for hydroxylation is 1. The molecule has 0 radical (unpaired) electrons. The van der Waals surface area contributed by atoms with Crippen LogP contribution in [0, 0.1) is 5.92 Å². The zero-order chi connectivity index (χ0) is 24.5. The van der Waals surface area contributed by atoms with E-state index in [4.69, 9.17) is 4.74 Å². The maximum atomic E-state index is 12.8. The van der Waals surface area contributed by atoms with Crippen LogP contribution in [0.15, 0.2) is 30.3 Å². The molecule has 2 rings (SSSR count). The van der Waals surface area contributed by atoms with E-state index in [0.717, 1.165) is 24.0 Å². The minimum absolute atomic E-state index is 0.00587. The molecule has 0 aliphatic rings. The van der Waals surface area contributed by atoms with Crippen molar-refractivity contribution >= 4 is 5.78 Å². The number of hydrogen-bond acceptors (Lipinski definition) is 7. The number of phenolic OH excluding ortho intramolecular Hbond substituents is 3. The van der Waals surface area contributed by atoms with Gasteiger partial charge in [-0.05, 0) is 72.1 Å². The Morgan fingerprint density at radius 3 is 2.27 bits per heavy atom. The van der Waals surface area contributed by atoms with Gasteiger partial charge in [-0.1, -0.05) is 26.3 Å². The van der Waals surface area contributed by atoms with Crippen molar-refractivity contribution < 1.29 is 35.1 Å². The average Bonchev–Trinajstić information content (AvgIpc) is 2.77. The van der Waals surface area contributed by atoms with Crippen LogP contribution in [0.3, 0.4) is 0 Å². The van der Waals surface area contributed by atoms with Crippen molar-refractivity contribution in [2.24, 2.45) is 5.92 Å². The van der Waals surface area contributed by atoms with Crippen molar-refractivity contribution in [2.45, 2.75) is 71.0 Å². The van der Waals surface area contributed by atoms with E-state index < -0.39 is 6.10 Å². The molecule has 5 N–H and O–H groups in total. The largest absolute Gasteiger partial charge is 0.504 e. The third-order valence-electron chi connectivity index (χ3n) is 5.89. The molecule has 7 nitrogen and oxygen atoms in total. The molecule has 33 heavy (non-hydrogen) atoms. The second kappa shape index (κ2) is 12.5. The Kier molecular flexibility index (Phi) is 10.0. The van der Waals surface area contributed by atoms with Gasteiger partial charge in [-0.25, -0.2) is 0 Å². The number of ketones is 1. The van der Waals surface area contributed by atoms with Gasteiger partial charge < -0.3 is 30.3 Å². The van der Waals surface area contributed by atoms with Crippen LogP contribution >= 0.6 is 0 Å². The highest BCUT2D eigenvalue weighted by Gasteiger charge is 2.23. The molecule has 0 bridgehead atoms. The van der Waals surface area contributed by atoms with Gasteiger partial charge in [-0.3, -0.25) is 4.79 Å². The Hall–Kier alpha value is -2.77. The fourth-order valence-corrected chi connectivity index (χ4v) is 3.99. The summed E-state index contributed by atoms with van der Waals surface area (Å²) >= 11 is 0. The van der Waals surface area contributed by atoms with Crippen LogP contribution in [0.1, 0.15) is 68.6 Å². The predicted molar refractivity (Wildman–Crippen MR) is 126 cm³/mol. The number of rotatable bonds is 13. The summed E-state index contributed by atoms with van der Waals surface area (Å²) in [7, 11) is 1.45. The molecule has 2 atom stereocenters. The highest BCUT2D eigenvalue weighted by molar-refractivity contribution is 5.80. The monoisotopic (exact) mass is 460 g/mol. The topological polar surface area (TPSA) is 127 Å². The lowest BCUT2D eigenvalue weighted by Crippen LogP contribution is -2.17. The van der Waals surface area contributed by atoms with E-state index in [2.05, 4.69) is 13.8 Å². The molecular weight excluding hydrogens is 424 g/mol. The second-order valence-corrected chi connectivity index (χ2v) is 9.01. The molecule has 0 aliphatic carbocycles. The van der Waals surface area contributed by atoms with E-state index in [1.165, 1.54) is 25.3 Å². The summed E-state index contributed by atoms with van der Waals surface area (Å²) in [6.07, 6.45) is 1.82. The van der Waals surface area contributed by atoms with Gasteiger partial charge >= 0.3 is 0 Å². The van der Waals surface area contributed by atoms with E-state index in [9.17, 15) is 30.3 Å². The van der Waals surface area contributed by atoms with Gasteiger partial charge in [0.2, 0.25) is 0 Å². The van der Waals surface area contributed by atoms with Crippen molar-refractivity contribution in [3.05, 3.63) is 47.0 Å². The van der Waals surface area contributed by atoms with E-state index in [1.54, 1.807) is 12.1 Å². The third kappa shape index (κ3) is 7.94. The van der Waals surface area contributed by atoms with Gasteiger partial charge in [0, 0.05) is 12.8 Å². The first kappa shape index (κ1) is 26.5. The summed E-state index contributed by atoms with van der Waals surface area (Å²) < 4.78 is 5.23. The summed E-state index contributed by atoms with van der Waals surface area (Å²) in [5.74, 6) is 0.00597. The van der Waals surface area contributed by atoms with E-state index >= 15 is 0 Å². The number of methoxy groups -OCH3 is 1. The summed E-state index contributed by atoms with van der Waals surface area (Å²) in [6, 6.07) is 7.67. The van der Waals surface area contributed by atoms with E-state index in [0.29, 0.717) is 30.1 Å². The molecule has 2 unspecified atom stereocenters. The van der Waals surface area contributed by atoms with Gasteiger partial charge in [0.15, 0.2) is 23.0 Å². The normalized spacial score (nSPS) is 13.2. The van der Waals surface area contributed by atoms with Crippen LogP contribution in [0.25, 0.3) is 0 Å². The summed E-state index contributed by atoms with van der Waals surface area (Å²) in [5.41, 5.74) is 2.09. The summed E-state index contributed by atoms with van der Waals surface area (Å²) in [5, 5.41) is 49.3. The number of phenols is 3. The number of hydrogen-bond donors (Lipinski definition) is 5. The van der Waals surface area contributed by atoms with Crippen LogP contribution in [0.5, 0.6) is 23.0 Å². The predicted octanol–water partition coefficient (Wildman–Crippen LogP) is 4.17. The SMILES string of the molecule is COc1cc(C(CCC(C)C)CC(=O)CC(O)CCc2ccc(O)c(O)c2)c(CO)cc1O. The first-order chi connectivity index (χ1) is 15.6. The van der Waals surface area contributed by atoms with Crippen LogP contribution in [0.2, 0.25) is 0 Å². The zero-order valence-corrected chi connectivity index (χ0v) is 19.6. The Morgan fingerprint density at radius 2 is 1.67 bits per heavy atom. The molecule has 0 saturated carbocycles. The van der Waals surface area contributed by atoms with E-state index in [-0.39, 0.29) is 48.4 Å². The van der Waals surface area contributed by atoms with Gasteiger partial charge in [-0.15, -0.1) is 0 Å². The first-order valence-corrected chi connectivity index (χ1v) is 11.4. The lowest BCUT2D eigenvalue weighted by molar-refractivity contribution is -0.121. The molecule has 0 aromatic heterocycles. The highest BCUT2D eigenvalue weighted by atomic mass is 16.5. The molecule has 0 amide bonds. The molecule has 2 aromatic carbocycles. The Labute approximate surface area is 195 Å².